The maximum Gasteiger partial charge on any atom is 0.270 e. The zero-order valence-corrected chi connectivity index (χ0v) is 18.7. The smallest absolute Gasteiger partial charge is 0.270 e. The number of anilines is 1. The molecule has 1 fully saturated rings. The third-order valence-corrected chi connectivity index (χ3v) is 6.07. The minimum absolute atomic E-state index is 0.125. The van der Waals surface area contributed by atoms with Gasteiger partial charge in [0, 0.05) is 35.2 Å². The number of rotatable bonds is 5. The van der Waals surface area contributed by atoms with E-state index in [0.29, 0.717) is 16.4 Å². The van der Waals surface area contributed by atoms with Crippen molar-refractivity contribution in [3.63, 3.8) is 0 Å². The van der Waals surface area contributed by atoms with E-state index in [1.165, 1.54) is 16.8 Å². The van der Waals surface area contributed by atoms with Crippen LogP contribution in [0.2, 0.25) is 5.02 Å². The number of aromatic nitrogens is 1. The molecule has 1 aliphatic rings. The van der Waals surface area contributed by atoms with E-state index in [1.54, 1.807) is 30.3 Å². The fraction of sp³-hybridized carbons (Fsp3) is 0.250. The summed E-state index contributed by atoms with van der Waals surface area (Å²) in [6.45, 7) is -0.0904. The number of likely N-dealkylation sites (N-methyl/N-ethyl adjacent to an activating group) is 1. The number of para-hydroxylation sites is 1. The molecule has 8 nitrogen and oxygen atoms in total. The molecule has 0 bridgehead atoms. The molecular formula is C24H22ClN5O3. The monoisotopic (exact) mass is 463 g/mol. The van der Waals surface area contributed by atoms with Crippen molar-refractivity contribution in [3.8, 4) is 6.07 Å². The van der Waals surface area contributed by atoms with E-state index in [-0.39, 0.29) is 37.2 Å². The van der Waals surface area contributed by atoms with E-state index >= 15 is 0 Å². The Morgan fingerprint density at radius 3 is 2.67 bits per heavy atom. The van der Waals surface area contributed by atoms with Crippen LogP contribution in [0.4, 0.5) is 5.69 Å². The highest BCUT2D eigenvalue weighted by Crippen LogP contribution is 2.26. The SMILES string of the molecule is CN(CC(=O)N1CC(C(=O)Nc2ccccc2)CC1C#N)C(=O)c1cc2c(Cl)cccc2[nH]1. The van der Waals surface area contributed by atoms with Crippen molar-refractivity contribution in [2.75, 3.05) is 25.5 Å². The molecule has 2 heterocycles. The second-order valence-corrected chi connectivity index (χ2v) is 8.43. The molecule has 0 saturated carbocycles. The second kappa shape index (κ2) is 9.35. The van der Waals surface area contributed by atoms with Gasteiger partial charge in [-0.05, 0) is 36.8 Å². The lowest BCUT2D eigenvalue weighted by Gasteiger charge is -2.23. The molecular weight excluding hydrogens is 442 g/mol. The van der Waals surface area contributed by atoms with Crippen molar-refractivity contribution >= 4 is 45.9 Å². The van der Waals surface area contributed by atoms with E-state index in [0.717, 1.165) is 10.9 Å². The van der Waals surface area contributed by atoms with Crippen LogP contribution >= 0.6 is 11.6 Å². The summed E-state index contributed by atoms with van der Waals surface area (Å²) in [7, 11) is 1.52. The Labute approximate surface area is 195 Å². The Kier molecular flexibility index (Phi) is 6.33. The number of carbonyl (C=O) groups excluding carboxylic acids is 3. The predicted octanol–water partition coefficient (Wildman–Crippen LogP) is 3.27. The number of amides is 3. The molecule has 0 aliphatic carbocycles. The van der Waals surface area contributed by atoms with Crippen LogP contribution in [0, 0.1) is 17.2 Å². The van der Waals surface area contributed by atoms with Gasteiger partial charge < -0.3 is 20.1 Å². The number of aromatic amines is 1. The number of fused-ring (bicyclic) bond motifs is 1. The summed E-state index contributed by atoms with van der Waals surface area (Å²) in [6, 6.07) is 17.4. The van der Waals surface area contributed by atoms with Crippen molar-refractivity contribution in [2.45, 2.75) is 12.5 Å². The van der Waals surface area contributed by atoms with Gasteiger partial charge in [-0.1, -0.05) is 35.9 Å². The van der Waals surface area contributed by atoms with E-state index in [4.69, 9.17) is 11.6 Å². The van der Waals surface area contributed by atoms with Crippen molar-refractivity contribution in [3.05, 3.63) is 65.3 Å². The summed E-state index contributed by atoms with van der Waals surface area (Å²) in [5.41, 5.74) is 1.69. The van der Waals surface area contributed by atoms with Crippen LogP contribution < -0.4 is 5.32 Å². The Hall–Kier alpha value is -3.83. The van der Waals surface area contributed by atoms with Gasteiger partial charge in [-0.3, -0.25) is 14.4 Å². The van der Waals surface area contributed by atoms with Crippen LogP contribution in [0.1, 0.15) is 16.9 Å². The van der Waals surface area contributed by atoms with Gasteiger partial charge in [-0.15, -0.1) is 0 Å². The first-order chi connectivity index (χ1) is 15.9. The quantitative estimate of drug-likeness (QED) is 0.605. The van der Waals surface area contributed by atoms with E-state index in [9.17, 15) is 19.6 Å². The average Bonchev–Trinajstić information content (AvgIpc) is 3.44. The van der Waals surface area contributed by atoms with Crippen molar-refractivity contribution in [2.24, 2.45) is 5.92 Å². The first-order valence-corrected chi connectivity index (χ1v) is 10.8. The minimum atomic E-state index is -0.723. The molecule has 4 rings (SSSR count). The molecule has 2 unspecified atom stereocenters. The van der Waals surface area contributed by atoms with Gasteiger partial charge in [-0.25, -0.2) is 0 Å². The Morgan fingerprint density at radius 2 is 1.97 bits per heavy atom. The molecule has 2 aromatic carbocycles. The number of H-pyrrole nitrogens is 1. The standard InChI is InChI=1S/C24H22ClN5O3/c1-29(24(33)21-11-18-19(25)8-5-9-20(18)28-21)14-22(31)30-13-15(10-17(30)12-26)23(32)27-16-6-3-2-4-7-16/h2-9,11,15,17,28H,10,13-14H2,1H3,(H,27,32). The van der Waals surface area contributed by atoms with Crippen LogP contribution in [0.15, 0.2) is 54.6 Å². The lowest BCUT2D eigenvalue weighted by molar-refractivity contribution is -0.131. The maximum absolute atomic E-state index is 12.9. The third-order valence-electron chi connectivity index (χ3n) is 5.74. The van der Waals surface area contributed by atoms with Gasteiger partial charge in [0.1, 0.15) is 11.7 Å². The molecule has 3 aromatic rings. The van der Waals surface area contributed by atoms with Gasteiger partial charge in [0.15, 0.2) is 0 Å². The maximum atomic E-state index is 12.9. The fourth-order valence-corrected chi connectivity index (χ4v) is 4.22. The largest absolute Gasteiger partial charge is 0.350 e. The van der Waals surface area contributed by atoms with Crippen LogP contribution in [-0.4, -0.2) is 58.7 Å². The third kappa shape index (κ3) is 4.69. The summed E-state index contributed by atoms with van der Waals surface area (Å²) in [5.74, 6) is -1.50. The number of nitriles is 1. The van der Waals surface area contributed by atoms with Crippen molar-refractivity contribution in [1.29, 1.82) is 5.26 Å². The number of halogens is 1. The van der Waals surface area contributed by atoms with E-state index < -0.39 is 12.0 Å². The Bertz CT molecular complexity index is 1250. The number of carbonyl (C=O) groups is 3. The van der Waals surface area contributed by atoms with Crippen LogP contribution in [0.5, 0.6) is 0 Å². The lowest BCUT2D eigenvalue weighted by atomic mass is 10.1. The van der Waals surface area contributed by atoms with Crippen LogP contribution in [0.3, 0.4) is 0 Å². The summed E-state index contributed by atoms with van der Waals surface area (Å²) in [6.07, 6.45) is 0.249. The van der Waals surface area contributed by atoms with Gasteiger partial charge in [-0.2, -0.15) is 5.26 Å². The van der Waals surface area contributed by atoms with Gasteiger partial charge in [0.05, 0.1) is 18.5 Å². The number of likely N-dealkylation sites (tertiary alicyclic amines) is 1. The minimum Gasteiger partial charge on any atom is -0.350 e. The summed E-state index contributed by atoms with van der Waals surface area (Å²) in [4.78, 5) is 44.1. The topological polar surface area (TPSA) is 109 Å². The zero-order chi connectivity index (χ0) is 23.5. The molecule has 0 spiro atoms. The molecule has 2 atom stereocenters. The molecule has 2 N–H and O–H groups in total. The highest BCUT2D eigenvalue weighted by Gasteiger charge is 2.39. The zero-order valence-electron chi connectivity index (χ0n) is 17.9. The molecule has 9 heteroatoms. The first kappa shape index (κ1) is 22.4. The second-order valence-electron chi connectivity index (χ2n) is 8.02. The molecule has 3 amide bonds. The van der Waals surface area contributed by atoms with Gasteiger partial charge in [0.2, 0.25) is 11.8 Å². The lowest BCUT2D eigenvalue weighted by Crippen LogP contribution is -2.43. The average molecular weight is 464 g/mol. The number of hydrogen-bond acceptors (Lipinski definition) is 4. The van der Waals surface area contributed by atoms with Crippen molar-refractivity contribution in [1.82, 2.24) is 14.8 Å². The number of nitrogens with zero attached hydrogens (tertiary/aromatic N) is 3. The van der Waals surface area contributed by atoms with Crippen LogP contribution in [0.25, 0.3) is 10.9 Å². The fourth-order valence-electron chi connectivity index (χ4n) is 3.99. The number of hydrogen-bond donors (Lipinski definition) is 2. The van der Waals surface area contributed by atoms with E-state index in [1.807, 2.05) is 24.3 Å². The van der Waals surface area contributed by atoms with Crippen LogP contribution in [-0.2, 0) is 9.59 Å². The Morgan fingerprint density at radius 1 is 1.21 bits per heavy atom. The number of benzene rings is 2. The predicted molar refractivity (Wildman–Crippen MR) is 125 cm³/mol. The molecule has 0 radical (unpaired) electrons. The highest BCUT2D eigenvalue weighted by molar-refractivity contribution is 6.35. The summed E-state index contributed by atoms with van der Waals surface area (Å²) in [5, 5.41) is 13.6. The molecule has 1 aromatic heterocycles. The normalized spacial score (nSPS) is 17.5. The van der Waals surface area contributed by atoms with E-state index in [2.05, 4.69) is 16.4 Å². The van der Waals surface area contributed by atoms with Gasteiger partial charge >= 0.3 is 0 Å². The number of nitrogens with one attached hydrogen (secondary N) is 2. The van der Waals surface area contributed by atoms with Crippen molar-refractivity contribution < 1.29 is 14.4 Å². The first-order valence-electron chi connectivity index (χ1n) is 10.4. The molecule has 1 aliphatic heterocycles. The summed E-state index contributed by atoms with van der Waals surface area (Å²) < 4.78 is 0. The molecule has 168 valence electrons. The Balaban J connectivity index is 1.41. The molecule has 33 heavy (non-hydrogen) atoms. The van der Waals surface area contributed by atoms with Gasteiger partial charge in [0.25, 0.3) is 5.91 Å². The summed E-state index contributed by atoms with van der Waals surface area (Å²) >= 11 is 6.18. The molecule has 1 saturated heterocycles. The highest BCUT2D eigenvalue weighted by atomic mass is 35.5.